The van der Waals surface area contributed by atoms with Crippen LogP contribution in [0, 0.1) is 20.8 Å². The summed E-state index contributed by atoms with van der Waals surface area (Å²) in [6.07, 6.45) is -8.69. The van der Waals surface area contributed by atoms with Gasteiger partial charge in [-0.15, -0.1) is 34.0 Å². The number of carbonyl (C=O) groups is 10. The van der Waals surface area contributed by atoms with Crippen LogP contribution in [-0.2, 0) is 120 Å². The minimum absolute atomic E-state index is 0.0222. The molecule has 0 saturated carbocycles. The van der Waals surface area contributed by atoms with E-state index < -0.39 is 149 Å². The minimum atomic E-state index is -4.64. The minimum Gasteiger partial charge on any atom is -0.480 e. The van der Waals surface area contributed by atoms with Crippen LogP contribution in [0.3, 0.4) is 0 Å². The van der Waals surface area contributed by atoms with Gasteiger partial charge in [0.05, 0.1) is 61.7 Å². The fourth-order valence-electron chi connectivity index (χ4n) is 11.2. The van der Waals surface area contributed by atoms with Gasteiger partial charge in [0.25, 0.3) is 16.7 Å². The highest BCUT2D eigenvalue weighted by molar-refractivity contribution is 7.21. The number of aromatic nitrogens is 6. The maximum atomic E-state index is 13.7. The van der Waals surface area contributed by atoms with Crippen molar-refractivity contribution in [1.29, 1.82) is 0 Å². The number of thiophene rings is 3. The van der Waals surface area contributed by atoms with Crippen LogP contribution in [0.5, 0.6) is 0 Å². The highest BCUT2D eigenvalue weighted by atomic mass is 32.1. The molecule has 3 unspecified atom stereocenters. The van der Waals surface area contributed by atoms with Gasteiger partial charge in [-0.25, -0.2) is 56.9 Å². The number of carboxylic acids is 2. The second-order valence-corrected chi connectivity index (χ2v) is 30.3. The van der Waals surface area contributed by atoms with E-state index in [0.29, 0.717) is 39.3 Å². The highest BCUT2D eigenvalue weighted by Gasteiger charge is 2.33. The van der Waals surface area contributed by atoms with Crippen molar-refractivity contribution >= 4 is 125 Å². The zero-order valence-electron chi connectivity index (χ0n) is 70.7. The summed E-state index contributed by atoms with van der Waals surface area (Å²) < 4.78 is 94.2. The molecular weight excluding hydrogens is 1670 g/mol. The molecule has 9 rings (SSSR count). The van der Waals surface area contributed by atoms with Gasteiger partial charge in [-0.3, -0.25) is 47.3 Å². The number of halogens is 3. The average Bonchev–Trinajstić information content (AvgIpc) is 1.64. The van der Waals surface area contributed by atoms with E-state index in [1.165, 1.54) is 37.4 Å². The molecule has 9 aromatic rings. The fraction of sp³-hybridized carbons (Fsp3) is 0.432. The topological polar surface area (TPSA) is 456 Å². The molecule has 0 aliphatic heterocycles. The second kappa shape index (κ2) is 47.4. The van der Waals surface area contributed by atoms with Crippen LogP contribution in [0.25, 0.3) is 30.6 Å². The third-order valence-electron chi connectivity index (χ3n) is 16.0. The number of benzene rings is 3. The number of carboxylic acid groups (broad SMARTS) is 2. The standard InChI is InChI=1S/C27H32N2O9S.C24H28N2O7S.C23H24N2O9S.C3H6O3.C2HF3O.C2H6/c1-7-36-25(33)22-16(2)21-23(32)28(14-19(30)38-27(3,4)5)26(34)29(24(21)39-22)13-18(37-20(31)15-35-6)17-11-9-8-10-12-17;1-6-32-22(30)19-14(2)18-20(29)25(13-17(28)33-24(3,4)5)23(31)26(21(18)34-19)12-16(27)15-10-8-7-9-11-15;1-4-33-22(30)19-13(2)18-20(29)24(11-16(26)27)23(31)25(21(18)35-19)10-15(34-17(28)12-32-3)14-8-6-5-7-9-14;1-6-2-3(4)5;3-2(4,5)1-6;1-2/h8-12,18H,7,13-15H2,1-6H3;7-11,16,27H,6,12-13H2,1-5H3;5-9,15H,4,10-12H2,1-3H3,(H,26,27);2H2,1H3,(H,4,5);1H;1-2H3/i;;;;;1D. The molecule has 0 saturated heterocycles. The number of nitrogens with zero attached hydrogens (tertiary/aromatic N) is 6. The number of hydrogen-bond acceptors (Lipinski definition) is 30. The van der Waals surface area contributed by atoms with Crippen molar-refractivity contribution in [2.75, 3.05) is 61.0 Å². The molecule has 6 heterocycles. The SMILES string of the molecule is CCOC(=O)c1sc2c(c1C)c(=O)n(CC(=O)O)c(=O)n2CC(OC(=O)COC)c1ccccc1.CCOC(=O)c1sc2c(c1C)c(=O)n(CC(=O)OC(C)(C)C)c(=O)n2CC(O)c1ccccc1.CCOC(=O)c1sc2c(c1C)c(=O)n(CC(=O)OC(C)(C)C)c(=O)n2CC(OC(=O)COC)c1ccccc1.COCC(=O)O.O=CC(F)(F)F.[2H]CC. The normalized spacial score (nSPS) is 11.9. The van der Waals surface area contributed by atoms with Gasteiger partial charge in [-0.2, -0.15) is 13.2 Å². The van der Waals surface area contributed by atoms with Crippen molar-refractivity contribution in [3.8, 4) is 0 Å². The third kappa shape index (κ3) is 28.9. The first kappa shape index (κ1) is 101. The van der Waals surface area contributed by atoms with Crippen molar-refractivity contribution in [2.45, 2.75) is 172 Å². The van der Waals surface area contributed by atoms with Crippen LogP contribution in [0.4, 0.5) is 13.2 Å². The number of aldehydes is 1. The molecule has 0 fully saturated rings. The number of aliphatic hydroxyl groups excluding tert-OH is 1. The molecule has 664 valence electrons. The zero-order chi connectivity index (χ0) is 92.7. The summed E-state index contributed by atoms with van der Waals surface area (Å²) >= 11 is 2.76. The predicted molar refractivity (Wildman–Crippen MR) is 441 cm³/mol. The monoisotopic (exact) mass is 1770 g/mol. The van der Waals surface area contributed by atoms with E-state index in [4.69, 9.17) is 53.9 Å². The van der Waals surface area contributed by atoms with Crippen LogP contribution < -0.4 is 33.7 Å². The number of aliphatic hydroxyl groups is 1. The maximum absolute atomic E-state index is 13.7. The number of ether oxygens (including phenoxy) is 10. The lowest BCUT2D eigenvalue weighted by atomic mass is 10.1. The summed E-state index contributed by atoms with van der Waals surface area (Å²) in [6, 6.07) is 26.1. The van der Waals surface area contributed by atoms with Crippen molar-refractivity contribution < 1.29 is 125 Å². The summed E-state index contributed by atoms with van der Waals surface area (Å²) in [4.78, 5) is 198. The smallest absolute Gasteiger partial charge is 0.446 e. The van der Waals surface area contributed by atoms with Gasteiger partial charge in [0.2, 0.25) is 6.29 Å². The molecule has 3 atom stereocenters. The van der Waals surface area contributed by atoms with Crippen LogP contribution in [-0.4, -0.2) is 181 Å². The van der Waals surface area contributed by atoms with E-state index in [2.05, 4.69) is 4.74 Å². The maximum Gasteiger partial charge on any atom is 0.446 e. The zero-order valence-corrected chi connectivity index (χ0v) is 72.1. The molecule has 3 aromatic carbocycles. The number of rotatable bonds is 29. The Morgan fingerprint density at radius 2 is 0.730 bits per heavy atom. The summed E-state index contributed by atoms with van der Waals surface area (Å²) in [7, 11) is 4.03. The first-order chi connectivity index (χ1) is 57.7. The first-order valence-electron chi connectivity index (χ1n) is 37.7. The van der Waals surface area contributed by atoms with Crippen LogP contribution in [0.2, 0.25) is 0 Å². The molecular formula is C81H97F3N6O29S3. The molecule has 0 radical (unpaired) electrons. The molecule has 3 N–H and O–H groups in total. The Hall–Kier alpha value is -11.9. The summed E-state index contributed by atoms with van der Waals surface area (Å²) in [5.41, 5.74) is -3.77. The molecule has 6 aromatic heterocycles. The van der Waals surface area contributed by atoms with Crippen molar-refractivity contribution in [1.82, 2.24) is 27.4 Å². The number of fused-ring (bicyclic) bond motifs is 3. The van der Waals surface area contributed by atoms with Gasteiger partial charge >= 0.3 is 77.0 Å². The third-order valence-corrected chi connectivity index (χ3v) is 19.9. The van der Waals surface area contributed by atoms with Crippen LogP contribution in [0.1, 0.15) is 158 Å². The Labute approximate surface area is 708 Å². The Morgan fingerprint density at radius 3 is 0.975 bits per heavy atom. The summed E-state index contributed by atoms with van der Waals surface area (Å²) in [5.74, 6) is -7.11. The second-order valence-electron chi connectivity index (χ2n) is 27.3. The average molecular weight is 1770 g/mol. The van der Waals surface area contributed by atoms with E-state index in [1.807, 2.05) is 0 Å². The largest absolute Gasteiger partial charge is 0.480 e. The van der Waals surface area contributed by atoms with E-state index >= 15 is 0 Å². The molecule has 0 spiro atoms. The highest BCUT2D eigenvalue weighted by Crippen LogP contribution is 2.34. The van der Waals surface area contributed by atoms with Gasteiger partial charge in [0.15, 0.2) is 0 Å². The molecule has 0 aliphatic rings. The number of methoxy groups -OCH3 is 3. The first-order valence-corrected chi connectivity index (χ1v) is 39.4. The van der Waals surface area contributed by atoms with Crippen molar-refractivity contribution in [3.63, 3.8) is 0 Å². The lowest BCUT2D eigenvalue weighted by Crippen LogP contribution is -2.43. The lowest BCUT2D eigenvalue weighted by Gasteiger charge is -2.22. The van der Waals surface area contributed by atoms with Gasteiger partial charge < -0.3 is 62.7 Å². The van der Waals surface area contributed by atoms with Crippen molar-refractivity contribution in [2.24, 2.45) is 0 Å². The number of aryl methyl sites for hydroxylation is 3. The van der Waals surface area contributed by atoms with Crippen molar-refractivity contribution in [3.05, 3.63) is 202 Å². The Kier molecular flexibility index (Phi) is 39.1. The van der Waals surface area contributed by atoms with Gasteiger partial charge in [-0.05, 0) is 116 Å². The Morgan fingerprint density at radius 1 is 0.451 bits per heavy atom. The number of hydrogen-bond donors (Lipinski definition) is 3. The van der Waals surface area contributed by atoms with E-state index in [0.717, 1.165) is 47.7 Å². The van der Waals surface area contributed by atoms with Gasteiger partial charge in [0.1, 0.15) is 92.0 Å². The molecule has 41 heteroatoms. The van der Waals surface area contributed by atoms with Crippen LogP contribution >= 0.6 is 34.0 Å². The number of esters is 7. The number of alkyl halides is 3. The van der Waals surface area contributed by atoms with Gasteiger partial charge in [-0.1, -0.05) is 105 Å². The van der Waals surface area contributed by atoms with E-state index in [1.54, 1.807) is 174 Å². The summed E-state index contributed by atoms with van der Waals surface area (Å²) in [6.45, 7) is 18.8. The molecule has 0 bridgehead atoms. The Bertz CT molecular complexity index is 5580. The predicted octanol–water partition coefficient (Wildman–Crippen LogP) is 8.98. The van der Waals surface area contributed by atoms with Crippen LogP contribution in [0.15, 0.2) is 120 Å². The number of carbonyl (C=O) groups excluding carboxylic acids is 8. The van der Waals surface area contributed by atoms with E-state index in [9.17, 15) is 95.3 Å². The van der Waals surface area contributed by atoms with E-state index in [-0.39, 0.29) is 110 Å². The van der Waals surface area contributed by atoms with Gasteiger partial charge in [0, 0.05) is 22.7 Å². The molecule has 35 nitrogen and oxygen atoms in total. The summed E-state index contributed by atoms with van der Waals surface area (Å²) in [5, 5.41) is 28.1. The lowest BCUT2D eigenvalue weighted by molar-refractivity contribution is -0.156. The quantitative estimate of drug-likeness (QED) is 0.0223. The fourth-order valence-corrected chi connectivity index (χ4v) is 14.8. The molecule has 0 aliphatic carbocycles. The number of aliphatic carboxylic acids is 2. The molecule has 0 amide bonds. The Balaban J connectivity index is 0.000000357. The molecule has 122 heavy (non-hydrogen) atoms.